The van der Waals surface area contributed by atoms with Crippen molar-refractivity contribution < 1.29 is 0 Å². The number of nitrogens with one attached hydrogen (secondary N) is 1. The molecule has 3 aliphatic heterocycles. The summed E-state index contributed by atoms with van der Waals surface area (Å²) in [6.45, 7) is 11.8. The van der Waals surface area contributed by atoms with Crippen LogP contribution in [0.2, 0.25) is 0 Å². The molecular formula is C19H36N4. The maximum absolute atomic E-state index is 3.49. The van der Waals surface area contributed by atoms with Crippen LogP contribution in [0.4, 0.5) is 0 Å². The van der Waals surface area contributed by atoms with E-state index in [9.17, 15) is 0 Å². The molecule has 1 N–H and O–H groups in total. The molecule has 4 fully saturated rings. The Hall–Kier alpha value is -0.160. The zero-order chi connectivity index (χ0) is 15.7. The molecule has 4 aliphatic rings. The number of nitrogens with zero attached hydrogens (tertiary/aromatic N) is 3. The molecule has 0 aromatic heterocycles. The van der Waals surface area contributed by atoms with Gasteiger partial charge in [0.05, 0.1) is 0 Å². The second-order valence-corrected chi connectivity index (χ2v) is 8.92. The highest BCUT2D eigenvalue weighted by Crippen LogP contribution is 2.41. The molecule has 0 radical (unpaired) electrons. The fraction of sp³-hybridized carbons (Fsp3) is 1.00. The van der Waals surface area contributed by atoms with Gasteiger partial charge in [0.2, 0.25) is 0 Å². The van der Waals surface area contributed by atoms with Gasteiger partial charge < -0.3 is 20.0 Å². The van der Waals surface area contributed by atoms with Crippen molar-refractivity contribution >= 4 is 0 Å². The van der Waals surface area contributed by atoms with Crippen molar-refractivity contribution in [2.75, 3.05) is 66.0 Å². The number of hydrogen-bond donors (Lipinski definition) is 1. The Morgan fingerprint density at radius 3 is 2.09 bits per heavy atom. The van der Waals surface area contributed by atoms with Crippen LogP contribution in [-0.4, -0.2) is 86.7 Å². The number of likely N-dealkylation sites (tertiary alicyclic amines) is 1. The zero-order valence-electron chi connectivity index (χ0n) is 15.1. The molecule has 4 rings (SSSR count). The molecular weight excluding hydrogens is 284 g/mol. The van der Waals surface area contributed by atoms with Crippen LogP contribution in [0.1, 0.15) is 38.5 Å². The van der Waals surface area contributed by atoms with Crippen LogP contribution in [0.5, 0.6) is 0 Å². The highest BCUT2D eigenvalue weighted by atomic mass is 15.2. The summed E-state index contributed by atoms with van der Waals surface area (Å²) >= 11 is 0. The largest absolute Gasteiger partial charge is 0.316 e. The summed E-state index contributed by atoms with van der Waals surface area (Å²) in [4.78, 5) is 8.03. The Labute approximate surface area is 142 Å². The lowest BCUT2D eigenvalue weighted by molar-refractivity contribution is 0.0301. The summed E-state index contributed by atoms with van der Waals surface area (Å²) in [6, 6.07) is 0.908. The first-order chi connectivity index (χ1) is 11.2. The third-order valence-electron chi connectivity index (χ3n) is 7.29. The average molecular weight is 321 g/mol. The lowest BCUT2D eigenvalue weighted by atomic mass is 9.68. The van der Waals surface area contributed by atoms with Crippen LogP contribution in [0.25, 0.3) is 0 Å². The first-order valence-electron chi connectivity index (χ1n) is 10.1. The minimum atomic E-state index is 0.718. The van der Waals surface area contributed by atoms with Gasteiger partial charge in [-0.25, -0.2) is 0 Å². The van der Waals surface area contributed by atoms with E-state index in [4.69, 9.17) is 0 Å². The number of piperazine rings is 1. The maximum atomic E-state index is 3.49. The molecule has 0 aromatic carbocycles. The molecule has 0 amide bonds. The summed E-state index contributed by atoms with van der Waals surface area (Å²) in [5.41, 5.74) is 0.718. The topological polar surface area (TPSA) is 21.8 Å². The second kappa shape index (κ2) is 6.99. The minimum Gasteiger partial charge on any atom is -0.316 e. The number of piperidine rings is 1. The van der Waals surface area contributed by atoms with Crippen molar-refractivity contribution in [3.63, 3.8) is 0 Å². The van der Waals surface area contributed by atoms with E-state index in [2.05, 4.69) is 27.1 Å². The van der Waals surface area contributed by atoms with Gasteiger partial charge in [0.25, 0.3) is 0 Å². The molecule has 0 bridgehead atoms. The van der Waals surface area contributed by atoms with E-state index in [0.717, 1.165) is 17.4 Å². The molecule has 0 atom stereocenters. The molecule has 0 unspecified atom stereocenters. The predicted molar refractivity (Wildman–Crippen MR) is 95.8 cm³/mol. The fourth-order valence-electron chi connectivity index (χ4n) is 5.31. The Morgan fingerprint density at radius 1 is 0.870 bits per heavy atom. The first-order valence-corrected chi connectivity index (χ1v) is 10.1. The molecule has 4 heteroatoms. The highest BCUT2D eigenvalue weighted by molar-refractivity contribution is 4.97. The quantitative estimate of drug-likeness (QED) is 0.850. The predicted octanol–water partition coefficient (Wildman–Crippen LogP) is 1.48. The van der Waals surface area contributed by atoms with Gasteiger partial charge >= 0.3 is 0 Å². The van der Waals surface area contributed by atoms with Gasteiger partial charge in [0.15, 0.2) is 0 Å². The molecule has 0 aromatic rings. The van der Waals surface area contributed by atoms with E-state index in [1.807, 2.05) is 0 Å². The Bertz CT molecular complexity index is 369. The molecule has 1 saturated carbocycles. The van der Waals surface area contributed by atoms with Crippen LogP contribution in [-0.2, 0) is 0 Å². The van der Waals surface area contributed by atoms with Gasteiger partial charge in [-0.1, -0.05) is 0 Å². The summed E-state index contributed by atoms with van der Waals surface area (Å²) in [6.07, 6.45) is 8.76. The summed E-state index contributed by atoms with van der Waals surface area (Å²) in [5.74, 6) is 0.959. The third-order valence-corrected chi connectivity index (χ3v) is 7.29. The van der Waals surface area contributed by atoms with E-state index in [1.54, 1.807) is 0 Å². The molecule has 1 spiro atoms. The van der Waals surface area contributed by atoms with Gasteiger partial charge in [-0.2, -0.15) is 0 Å². The maximum Gasteiger partial charge on any atom is 0.0110 e. The lowest BCUT2D eigenvalue weighted by Crippen LogP contribution is -2.57. The minimum absolute atomic E-state index is 0.718. The fourth-order valence-corrected chi connectivity index (χ4v) is 5.31. The van der Waals surface area contributed by atoms with Crippen LogP contribution in [0.15, 0.2) is 0 Å². The van der Waals surface area contributed by atoms with Crippen molar-refractivity contribution in [1.82, 2.24) is 20.0 Å². The highest BCUT2D eigenvalue weighted by Gasteiger charge is 2.41. The zero-order valence-corrected chi connectivity index (χ0v) is 15.1. The van der Waals surface area contributed by atoms with E-state index in [1.165, 1.54) is 97.4 Å². The smallest absolute Gasteiger partial charge is 0.0110 e. The van der Waals surface area contributed by atoms with Gasteiger partial charge in [-0.3, -0.25) is 0 Å². The first kappa shape index (κ1) is 16.3. The van der Waals surface area contributed by atoms with E-state index in [0.29, 0.717) is 0 Å². The molecule has 3 saturated heterocycles. The standard InChI is InChI=1S/C19H36N4/c1-21-10-12-22(13-11-21)14-17-4-8-23(9-5-17)18-2-6-19(7-3-18)15-20-16-19/h17-18,20H,2-16H2,1H3. The van der Waals surface area contributed by atoms with Crippen molar-refractivity contribution in [3.8, 4) is 0 Å². The van der Waals surface area contributed by atoms with Crippen LogP contribution >= 0.6 is 0 Å². The molecule has 23 heavy (non-hydrogen) atoms. The normalized spacial score (nSPS) is 32.2. The summed E-state index contributed by atoms with van der Waals surface area (Å²) in [7, 11) is 2.25. The average Bonchev–Trinajstić information content (AvgIpc) is 2.56. The molecule has 1 aliphatic carbocycles. The molecule has 3 heterocycles. The van der Waals surface area contributed by atoms with E-state index < -0.39 is 0 Å². The van der Waals surface area contributed by atoms with Crippen molar-refractivity contribution in [2.45, 2.75) is 44.6 Å². The van der Waals surface area contributed by atoms with Gasteiger partial charge in [0, 0.05) is 51.9 Å². The SMILES string of the molecule is CN1CCN(CC2CCN(C3CCC4(CC3)CNC4)CC2)CC1. The van der Waals surface area contributed by atoms with Crippen molar-refractivity contribution in [2.24, 2.45) is 11.3 Å². The third kappa shape index (κ3) is 3.76. The lowest BCUT2D eigenvalue weighted by Gasteiger charge is -2.50. The molecule has 132 valence electrons. The Balaban J connectivity index is 1.18. The van der Waals surface area contributed by atoms with E-state index >= 15 is 0 Å². The Morgan fingerprint density at radius 2 is 1.52 bits per heavy atom. The summed E-state index contributed by atoms with van der Waals surface area (Å²) < 4.78 is 0. The second-order valence-electron chi connectivity index (χ2n) is 8.92. The number of likely N-dealkylation sites (N-methyl/N-ethyl adjacent to an activating group) is 1. The Kier molecular flexibility index (Phi) is 4.96. The number of hydrogen-bond acceptors (Lipinski definition) is 4. The van der Waals surface area contributed by atoms with Crippen molar-refractivity contribution in [3.05, 3.63) is 0 Å². The van der Waals surface area contributed by atoms with Crippen LogP contribution < -0.4 is 5.32 Å². The van der Waals surface area contributed by atoms with Gasteiger partial charge in [-0.05, 0) is 70.0 Å². The number of rotatable bonds is 3. The van der Waals surface area contributed by atoms with E-state index in [-0.39, 0.29) is 0 Å². The monoisotopic (exact) mass is 320 g/mol. The molecule has 4 nitrogen and oxygen atoms in total. The van der Waals surface area contributed by atoms with Crippen LogP contribution in [0.3, 0.4) is 0 Å². The van der Waals surface area contributed by atoms with Gasteiger partial charge in [-0.15, -0.1) is 0 Å². The van der Waals surface area contributed by atoms with Gasteiger partial charge in [0.1, 0.15) is 0 Å². The van der Waals surface area contributed by atoms with Crippen LogP contribution in [0, 0.1) is 11.3 Å². The summed E-state index contributed by atoms with van der Waals surface area (Å²) in [5, 5.41) is 3.49. The van der Waals surface area contributed by atoms with Crippen molar-refractivity contribution in [1.29, 1.82) is 0 Å².